The lowest BCUT2D eigenvalue weighted by atomic mass is 9.81. The van der Waals surface area contributed by atoms with Gasteiger partial charge < -0.3 is 20.5 Å². The molecule has 0 saturated heterocycles. The molecule has 1 aliphatic carbocycles. The highest BCUT2D eigenvalue weighted by Gasteiger charge is 2.21. The van der Waals surface area contributed by atoms with Crippen LogP contribution in [-0.4, -0.2) is 25.5 Å². The first-order chi connectivity index (χ1) is 11.5. The summed E-state index contributed by atoms with van der Waals surface area (Å²) in [6.45, 7) is 2.00. The van der Waals surface area contributed by atoms with Crippen LogP contribution >= 0.6 is 0 Å². The minimum atomic E-state index is -0.571. The van der Waals surface area contributed by atoms with Crippen molar-refractivity contribution < 1.29 is 19.1 Å². The van der Waals surface area contributed by atoms with Crippen LogP contribution < -0.4 is 20.5 Å². The highest BCUT2D eigenvalue weighted by atomic mass is 16.5. The Morgan fingerprint density at radius 3 is 2.75 bits per heavy atom. The lowest BCUT2D eigenvalue weighted by molar-refractivity contribution is -0.120. The molecule has 0 heterocycles. The number of hydrogen-bond acceptors (Lipinski definition) is 4. The van der Waals surface area contributed by atoms with E-state index in [4.69, 9.17) is 15.2 Å². The molecule has 1 aliphatic rings. The monoisotopic (exact) mass is 334 g/mol. The van der Waals surface area contributed by atoms with Crippen LogP contribution in [0.4, 0.5) is 5.69 Å². The van der Waals surface area contributed by atoms with Gasteiger partial charge in [0.15, 0.2) is 18.1 Å². The SMILES string of the molecule is COc1ccc(NC(=O)CC2CCCC(C)C2)cc1OCC(N)=O. The van der Waals surface area contributed by atoms with Crippen molar-refractivity contribution in [1.82, 2.24) is 0 Å². The van der Waals surface area contributed by atoms with Gasteiger partial charge in [-0.05, 0) is 36.8 Å². The van der Waals surface area contributed by atoms with Crippen LogP contribution in [0.5, 0.6) is 11.5 Å². The van der Waals surface area contributed by atoms with E-state index in [9.17, 15) is 9.59 Å². The standard InChI is InChI=1S/C18H26N2O4/c1-12-4-3-5-13(8-12)9-18(22)20-14-6-7-15(23-2)16(10-14)24-11-17(19)21/h6-7,10,12-13H,3-5,8-9,11H2,1-2H3,(H2,19,21)(H,20,22). The maximum absolute atomic E-state index is 12.3. The molecule has 6 heteroatoms. The second-order valence-corrected chi connectivity index (χ2v) is 6.51. The number of hydrogen-bond donors (Lipinski definition) is 2. The quantitative estimate of drug-likeness (QED) is 0.802. The highest BCUT2D eigenvalue weighted by Crippen LogP contribution is 2.32. The predicted octanol–water partition coefficient (Wildman–Crippen LogP) is 2.71. The summed E-state index contributed by atoms with van der Waals surface area (Å²) in [6, 6.07) is 5.08. The molecule has 0 aromatic heterocycles. The zero-order valence-corrected chi connectivity index (χ0v) is 14.3. The molecule has 1 fully saturated rings. The summed E-state index contributed by atoms with van der Waals surface area (Å²) in [5.41, 5.74) is 5.71. The number of rotatable bonds is 7. The van der Waals surface area contributed by atoms with E-state index in [2.05, 4.69) is 12.2 Å². The summed E-state index contributed by atoms with van der Waals surface area (Å²) in [5, 5.41) is 2.89. The summed E-state index contributed by atoms with van der Waals surface area (Å²) in [7, 11) is 1.51. The van der Waals surface area contributed by atoms with Crippen LogP contribution in [0.1, 0.15) is 39.0 Å². The first kappa shape index (κ1) is 18.1. The largest absolute Gasteiger partial charge is 0.493 e. The van der Waals surface area contributed by atoms with Crippen molar-refractivity contribution in [2.45, 2.75) is 39.0 Å². The minimum Gasteiger partial charge on any atom is -0.493 e. The number of primary amides is 1. The van der Waals surface area contributed by atoms with Gasteiger partial charge in [0.1, 0.15) is 0 Å². The number of nitrogens with two attached hydrogens (primary N) is 1. The number of carbonyl (C=O) groups excluding carboxylic acids is 2. The third kappa shape index (κ3) is 5.44. The van der Waals surface area contributed by atoms with Gasteiger partial charge in [-0.1, -0.05) is 19.8 Å². The summed E-state index contributed by atoms with van der Waals surface area (Å²) < 4.78 is 10.5. The highest BCUT2D eigenvalue weighted by molar-refractivity contribution is 5.91. The molecule has 1 aromatic carbocycles. The molecule has 6 nitrogen and oxygen atoms in total. The Hall–Kier alpha value is -2.24. The van der Waals surface area contributed by atoms with Crippen molar-refractivity contribution in [3.63, 3.8) is 0 Å². The molecule has 3 N–H and O–H groups in total. The Morgan fingerprint density at radius 2 is 2.08 bits per heavy atom. The number of nitrogens with one attached hydrogen (secondary N) is 1. The molecule has 0 spiro atoms. The summed E-state index contributed by atoms with van der Waals surface area (Å²) >= 11 is 0. The number of benzene rings is 1. The van der Waals surface area contributed by atoms with Crippen LogP contribution in [0.15, 0.2) is 18.2 Å². The van der Waals surface area contributed by atoms with E-state index in [1.54, 1.807) is 18.2 Å². The maximum Gasteiger partial charge on any atom is 0.255 e. The Balaban J connectivity index is 1.96. The van der Waals surface area contributed by atoms with Crippen LogP contribution in [0.3, 0.4) is 0 Å². The van der Waals surface area contributed by atoms with Crippen molar-refractivity contribution in [3.05, 3.63) is 18.2 Å². The van der Waals surface area contributed by atoms with Gasteiger partial charge in [0, 0.05) is 18.2 Å². The smallest absolute Gasteiger partial charge is 0.255 e. The van der Waals surface area contributed by atoms with Crippen molar-refractivity contribution in [2.24, 2.45) is 17.6 Å². The fourth-order valence-electron chi connectivity index (χ4n) is 3.24. The fourth-order valence-corrected chi connectivity index (χ4v) is 3.24. The molecule has 24 heavy (non-hydrogen) atoms. The minimum absolute atomic E-state index is 0.000109. The first-order valence-electron chi connectivity index (χ1n) is 8.37. The van der Waals surface area contributed by atoms with E-state index in [0.29, 0.717) is 35.4 Å². The molecule has 0 radical (unpaired) electrons. The van der Waals surface area contributed by atoms with Crippen LogP contribution in [0.2, 0.25) is 0 Å². The van der Waals surface area contributed by atoms with Crippen molar-refractivity contribution in [1.29, 1.82) is 0 Å². The van der Waals surface area contributed by atoms with E-state index >= 15 is 0 Å². The van der Waals surface area contributed by atoms with Gasteiger partial charge in [0.05, 0.1) is 7.11 Å². The Bertz CT molecular complexity index is 588. The Morgan fingerprint density at radius 1 is 1.29 bits per heavy atom. The average molecular weight is 334 g/mol. The summed E-state index contributed by atoms with van der Waals surface area (Å²) in [4.78, 5) is 23.1. The van der Waals surface area contributed by atoms with Gasteiger partial charge in [-0.2, -0.15) is 0 Å². The Kier molecular flexibility index (Phi) is 6.46. The van der Waals surface area contributed by atoms with Crippen LogP contribution in [0, 0.1) is 11.8 Å². The van der Waals surface area contributed by atoms with E-state index in [1.807, 2.05) is 0 Å². The normalized spacial score (nSPS) is 20.2. The van der Waals surface area contributed by atoms with E-state index in [0.717, 1.165) is 12.8 Å². The molecule has 1 aromatic rings. The molecule has 2 unspecified atom stereocenters. The molecule has 1 saturated carbocycles. The maximum atomic E-state index is 12.3. The van der Waals surface area contributed by atoms with Crippen molar-refractivity contribution in [3.8, 4) is 11.5 Å². The second kappa shape index (κ2) is 8.57. The molecule has 0 bridgehead atoms. The molecule has 2 atom stereocenters. The fraction of sp³-hybridized carbons (Fsp3) is 0.556. The lowest BCUT2D eigenvalue weighted by Crippen LogP contribution is -2.21. The van der Waals surface area contributed by atoms with Gasteiger partial charge in [-0.15, -0.1) is 0 Å². The van der Waals surface area contributed by atoms with Crippen LogP contribution in [0.25, 0.3) is 0 Å². The van der Waals surface area contributed by atoms with Crippen molar-refractivity contribution in [2.75, 3.05) is 19.0 Å². The lowest BCUT2D eigenvalue weighted by Gasteiger charge is -2.26. The zero-order valence-electron chi connectivity index (χ0n) is 14.3. The third-order valence-electron chi connectivity index (χ3n) is 4.34. The van der Waals surface area contributed by atoms with E-state index in [1.165, 1.54) is 20.0 Å². The molecule has 2 rings (SSSR count). The number of carbonyl (C=O) groups is 2. The number of amides is 2. The van der Waals surface area contributed by atoms with Crippen LogP contribution in [-0.2, 0) is 9.59 Å². The second-order valence-electron chi connectivity index (χ2n) is 6.51. The topological polar surface area (TPSA) is 90.7 Å². The van der Waals surface area contributed by atoms with E-state index < -0.39 is 5.91 Å². The Labute approximate surface area is 142 Å². The number of ether oxygens (including phenoxy) is 2. The zero-order chi connectivity index (χ0) is 17.5. The summed E-state index contributed by atoms with van der Waals surface area (Å²) in [5.74, 6) is 1.44. The predicted molar refractivity (Wildman–Crippen MR) is 92.1 cm³/mol. The van der Waals surface area contributed by atoms with Gasteiger partial charge in [-0.3, -0.25) is 9.59 Å². The van der Waals surface area contributed by atoms with Gasteiger partial charge in [0.25, 0.3) is 5.91 Å². The molecule has 2 amide bonds. The van der Waals surface area contributed by atoms with Gasteiger partial charge in [-0.25, -0.2) is 0 Å². The molecule has 132 valence electrons. The third-order valence-corrected chi connectivity index (χ3v) is 4.34. The average Bonchev–Trinajstić information content (AvgIpc) is 2.53. The van der Waals surface area contributed by atoms with E-state index in [-0.39, 0.29) is 12.5 Å². The molecular formula is C18H26N2O4. The summed E-state index contributed by atoms with van der Waals surface area (Å²) in [6.07, 6.45) is 5.23. The first-order valence-corrected chi connectivity index (χ1v) is 8.37. The van der Waals surface area contributed by atoms with Crippen molar-refractivity contribution >= 4 is 17.5 Å². The molecule has 0 aliphatic heterocycles. The number of anilines is 1. The molecular weight excluding hydrogens is 308 g/mol. The number of methoxy groups -OCH3 is 1. The van der Waals surface area contributed by atoms with Gasteiger partial charge >= 0.3 is 0 Å². The van der Waals surface area contributed by atoms with Gasteiger partial charge in [0.2, 0.25) is 5.91 Å².